The number of rotatable bonds is 3. The Hall–Kier alpha value is 0.860. The smallest absolute Gasteiger partial charge is 0.0180 e. The second kappa shape index (κ2) is 3.21. The Balaban J connectivity index is 1.78. The van der Waals surface area contributed by atoms with Crippen molar-refractivity contribution in [3.63, 3.8) is 0 Å². The standard InChI is InChI=1S/C10H20P2/c1-11(2)9-5-7(9)8-6-10(8)12(3)4/h7-10H,5-6H2,1-4H3/t7-,8?,9+,10+/m0/s1. The van der Waals surface area contributed by atoms with E-state index in [1.54, 1.807) is 12.8 Å². The molecule has 2 saturated carbocycles. The summed E-state index contributed by atoms with van der Waals surface area (Å²) >= 11 is 0. The molecule has 0 radical (unpaired) electrons. The maximum absolute atomic E-state index is 2.46. The van der Waals surface area contributed by atoms with E-state index in [1.165, 1.54) is 23.2 Å². The average Bonchev–Trinajstić information content (AvgIpc) is 2.82. The second-order valence-electron chi connectivity index (χ2n) is 4.86. The van der Waals surface area contributed by atoms with Crippen LogP contribution in [0.5, 0.6) is 0 Å². The van der Waals surface area contributed by atoms with Gasteiger partial charge in [-0.3, -0.25) is 0 Å². The van der Waals surface area contributed by atoms with Crippen LogP contribution in [-0.4, -0.2) is 38.0 Å². The van der Waals surface area contributed by atoms with Crippen LogP contribution < -0.4 is 0 Å². The largest absolute Gasteiger partial charge is 0.110 e. The number of hydrogen-bond acceptors (Lipinski definition) is 0. The van der Waals surface area contributed by atoms with Crippen LogP contribution in [0.1, 0.15) is 12.8 Å². The molecule has 2 rings (SSSR count). The van der Waals surface area contributed by atoms with E-state index in [0.717, 1.165) is 0 Å². The molecular formula is C10H20P2. The lowest BCUT2D eigenvalue weighted by Gasteiger charge is -2.05. The van der Waals surface area contributed by atoms with E-state index in [4.69, 9.17) is 0 Å². The van der Waals surface area contributed by atoms with Gasteiger partial charge in [-0.2, -0.15) is 0 Å². The highest BCUT2D eigenvalue weighted by Crippen LogP contribution is 2.66. The predicted octanol–water partition coefficient (Wildman–Crippen LogP) is 3.25. The first-order valence-electron chi connectivity index (χ1n) is 4.94. The lowest BCUT2D eigenvalue weighted by Crippen LogP contribution is -1.92. The van der Waals surface area contributed by atoms with Gasteiger partial charge >= 0.3 is 0 Å². The fourth-order valence-electron chi connectivity index (χ4n) is 2.51. The van der Waals surface area contributed by atoms with Crippen LogP contribution in [0.3, 0.4) is 0 Å². The summed E-state index contributed by atoms with van der Waals surface area (Å²) in [5, 5.41) is 0. The van der Waals surface area contributed by atoms with Gasteiger partial charge in [0, 0.05) is 0 Å². The molecule has 0 aliphatic heterocycles. The summed E-state index contributed by atoms with van der Waals surface area (Å²) in [7, 11) is 0.778. The maximum atomic E-state index is 2.46. The van der Waals surface area contributed by atoms with Crippen molar-refractivity contribution in [2.75, 3.05) is 26.7 Å². The molecule has 0 spiro atoms. The lowest BCUT2D eigenvalue weighted by molar-refractivity contribution is 0.720. The van der Waals surface area contributed by atoms with Gasteiger partial charge in [0.05, 0.1) is 0 Å². The van der Waals surface area contributed by atoms with Crippen molar-refractivity contribution in [3.8, 4) is 0 Å². The van der Waals surface area contributed by atoms with E-state index in [1.807, 2.05) is 0 Å². The zero-order valence-electron chi connectivity index (χ0n) is 8.62. The summed E-state index contributed by atoms with van der Waals surface area (Å²) in [6.07, 6.45) is 3.17. The molecule has 0 heterocycles. The molecule has 2 fully saturated rings. The molecule has 0 bridgehead atoms. The van der Waals surface area contributed by atoms with Crippen molar-refractivity contribution in [2.24, 2.45) is 11.8 Å². The third-order valence-electron chi connectivity index (χ3n) is 3.49. The van der Waals surface area contributed by atoms with E-state index in [9.17, 15) is 0 Å². The van der Waals surface area contributed by atoms with Crippen LogP contribution in [0.2, 0.25) is 0 Å². The highest BCUT2D eigenvalue weighted by atomic mass is 31.1. The highest BCUT2D eigenvalue weighted by Gasteiger charge is 2.54. The van der Waals surface area contributed by atoms with Gasteiger partial charge in [0.15, 0.2) is 0 Å². The van der Waals surface area contributed by atoms with Gasteiger partial charge in [-0.05, 0) is 62.7 Å². The van der Waals surface area contributed by atoms with Crippen molar-refractivity contribution in [1.29, 1.82) is 0 Å². The summed E-state index contributed by atoms with van der Waals surface area (Å²) in [5.74, 6) is 2.36. The van der Waals surface area contributed by atoms with Crippen LogP contribution in [0.15, 0.2) is 0 Å². The van der Waals surface area contributed by atoms with E-state index in [0.29, 0.717) is 15.8 Å². The molecule has 2 aliphatic carbocycles. The summed E-state index contributed by atoms with van der Waals surface area (Å²) in [4.78, 5) is 0. The number of hydrogen-bond donors (Lipinski definition) is 0. The van der Waals surface area contributed by atoms with Crippen LogP contribution >= 0.6 is 15.8 Å². The van der Waals surface area contributed by atoms with Crippen molar-refractivity contribution in [2.45, 2.75) is 24.2 Å². The molecule has 0 N–H and O–H groups in total. The monoisotopic (exact) mass is 202 g/mol. The molecule has 0 amide bonds. The molecule has 4 atom stereocenters. The van der Waals surface area contributed by atoms with Crippen molar-refractivity contribution in [3.05, 3.63) is 0 Å². The molecule has 70 valence electrons. The second-order valence-corrected chi connectivity index (χ2v) is 10.0. The Morgan fingerprint density at radius 3 is 1.25 bits per heavy atom. The zero-order valence-corrected chi connectivity index (χ0v) is 10.4. The van der Waals surface area contributed by atoms with Crippen LogP contribution in [0.25, 0.3) is 0 Å². The van der Waals surface area contributed by atoms with Gasteiger partial charge in [0.2, 0.25) is 0 Å². The summed E-state index contributed by atoms with van der Waals surface area (Å²) in [6, 6.07) is 0. The quantitative estimate of drug-likeness (QED) is 0.616. The van der Waals surface area contributed by atoms with Crippen LogP contribution in [-0.2, 0) is 0 Å². The Bertz CT molecular complexity index is 157. The molecule has 0 saturated heterocycles. The third-order valence-corrected chi connectivity index (χ3v) is 7.33. The van der Waals surface area contributed by atoms with Gasteiger partial charge in [0.25, 0.3) is 0 Å². The molecule has 2 heteroatoms. The molecule has 0 aromatic rings. The van der Waals surface area contributed by atoms with Crippen LogP contribution in [0, 0.1) is 11.8 Å². The first kappa shape index (κ1) is 9.42. The van der Waals surface area contributed by atoms with Crippen LogP contribution in [0.4, 0.5) is 0 Å². The molecule has 2 aliphatic rings. The first-order valence-corrected chi connectivity index (χ1v) is 9.55. The minimum absolute atomic E-state index is 0.389. The molecule has 0 aromatic carbocycles. The van der Waals surface area contributed by atoms with E-state index >= 15 is 0 Å². The molecule has 1 unspecified atom stereocenters. The summed E-state index contributed by atoms with van der Waals surface area (Å²) < 4.78 is 0. The Kier molecular flexibility index (Phi) is 2.52. The Morgan fingerprint density at radius 1 is 0.750 bits per heavy atom. The normalized spacial score (nSPS) is 45.5. The van der Waals surface area contributed by atoms with Crippen molar-refractivity contribution < 1.29 is 0 Å². The van der Waals surface area contributed by atoms with Gasteiger partial charge in [-0.1, -0.05) is 0 Å². The SMILES string of the molecule is CP(C)[C@@H]1CC1[C@@H]1C[C@H]1P(C)C. The minimum atomic E-state index is 0.389. The summed E-state index contributed by atoms with van der Waals surface area (Å²) in [6.45, 7) is 9.83. The molecular weight excluding hydrogens is 182 g/mol. The lowest BCUT2D eigenvalue weighted by atomic mass is 10.3. The topological polar surface area (TPSA) is 0 Å². The maximum Gasteiger partial charge on any atom is -0.0180 e. The first-order chi connectivity index (χ1) is 5.61. The van der Waals surface area contributed by atoms with E-state index < -0.39 is 0 Å². The molecule has 12 heavy (non-hydrogen) atoms. The zero-order chi connectivity index (χ0) is 8.88. The van der Waals surface area contributed by atoms with Gasteiger partial charge in [-0.25, -0.2) is 0 Å². The Labute approximate surface area is 79.0 Å². The summed E-state index contributed by atoms with van der Waals surface area (Å²) in [5.41, 5.74) is 2.34. The van der Waals surface area contributed by atoms with Crippen molar-refractivity contribution in [1.82, 2.24) is 0 Å². The van der Waals surface area contributed by atoms with Gasteiger partial charge < -0.3 is 0 Å². The van der Waals surface area contributed by atoms with E-state index in [-0.39, 0.29) is 0 Å². The fourth-order valence-corrected chi connectivity index (χ4v) is 5.81. The van der Waals surface area contributed by atoms with Gasteiger partial charge in [-0.15, -0.1) is 15.8 Å². The average molecular weight is 202 g/mol. The predicted molar refractivity (Wildman–Crippen MR) is 61.3 cm³/mol. The van der Waals surface area contributed by atoms with E-state index in [2.05, 4.69) is 26.7 Å². The molecule has 0 nitrogen and oxygen atoms in total. The third kappa shape index (κ3) is 1.71. The minimum Gasteiger partial charge on any atom is -0.110 e. The molecule has 0 aromatic heterocycles. The Morgan fingerprint density at radius 2 is 1.08 bits per heavy atom. The van der Waals surface area contributed by atoms with Gasteiger partial charge in [0.1, 0.15) is 0 Å². The van der Waals surface area contributed by atoms with Crippen molar-refractivity contribution >= 4 is 15.8 Å². The highest BCUT2D eigenvalue weighted by molar-refractivity contribution is 7.57. The fraction of sp³-hybridized carbons (Fsp3) is 1.00.